The van der Waals surface area contributed by atoms with Crippen LogP contribution in [0, 0.1) is 0 Å². The number of nitrogens with zero attached hydrogens (tertiary/aromatic N) is 1. The van der Waals surface area contributed by atoms with E-state index in [-0.39, 0.29) is 19.3 Å². The average Bonchev–Trinajstić information content (AvgIpc) is 1.51. The third-order valence-corrected chi connectivity index (χ3v) is 15.5. The van der Waals surface area contributed by atoms with Gasteiger partial charge in [-0.25, -0.2) is 4.79 Å². The van der Waals surface area contributed by atoms with Crippen LogP contribution in [0.15, 0.2) is 30.3 Å². The number of esters is 7. The number of amides is 1. The second kappa shape index (κ2) is 46.7. The zero-order valence-corrected chi connectivity index (χ0v) is 54.5. The van der Waals surface area contributed by atoms with Gasteiger partial charge in [0, 0.05) is 68.2 Å². The number of benzene rings is 1. The minimum Gasteiger partial charge on any atom is -0.463 e. The van der Waals surface area contributed by atoms with Crippen molar-refractivity contribution in [3.63, 3.8) is 0 Å². The van der Waals surface area contributed by atoms with Crippen LogP contribution in [-0.4, -0.2) is 147 Å². The summed E-state index contributed by atoms with van der Waals surface area (Å²) in [5.74, 6) is -5.71. The lowest BCUT2D eigenvalue weighted by Gasteiger charge is -2.48. The molecule has 0 bridgehead atoms. The lowest BCUT2D eigenvalue weighted by Crippen LogP contribution is -2.67. The van der Waals surface area contributed by atoms with Gasteiger partial charge in [0.1, 0.15) is 38.1 Å². The lowest BCUT2D eigenvalue weighted by atomic mass is 9.96. The van der Waals surface area contributed by atoms with E-state index < -0.39 is 116 Å². The predicted octanol–water partition coefficient (Wildman–Crippen LogP) is 12.6. The Morgan fingerprint density at radius 1 is 0.375 bits per heavy atom. The van der Waals surface area contributed by atoms with Crippen molar-refractivity contribution >= 4 is 47.9 Å². The maximum atomic E-state index is 13.2. The van der Waals surface area contributed by atoms with E-state index in [0.29, 0.717) is 6.42 Å². The van der Waals surface area contributed by atoms with Crippen LogP contribution in [-0.2, 0) is 97.0 Å². The summed E-state index contributed by atoms with van der Waals surface area (Å²) in [5, 5.41) is 0. The molecule has 2 fully saturated rings. The predicted molar refractivity (Wildman–Crippen MR) is 327 cm³/mol. The van der Waals surface area contributed by atoms with Crippen molar-refractivity contribution in [2.24, 2.45) is 0 Å². The molecule has 0 saturated carbocycles. The quantitative estimate of drug-likeness (QED) is 0.0334. The lowest BCUT2D eigenvalue weighted by molar-refractivity contribution is -0.361. The number of carbonyl (C=O) groups excluding carboxylic acids is 8. The SMILES string of the molecule is CCCCCCCCCCCCCCCCCCN(CCCCCCCCCCCCCCCO[C@@H]1O[C@H](COC(C)=O)[C@@H](O[C@@H]2O[C@H](COC(C)=O)[C@H](OC(C)=O)[C@H](OC(C)=O)[C@H]2OC(C)=O)[C@H](OC(C)=O)[C@H]1OC(C)=O)C(=O)OCc1ccccc1. The normalized spacial score (nSPS) is 21.5. The average molecular weight is 1250 g/mol. The molecular formula is C67H109NO20. The molecule has 0 N–H and O–H groups in total. The van der Waals surface area contributed by atoms with Crippen molar-refractivity contribution in [2.75, 3.05) is 32.9 Å². The van der Waals surface area contributed by atoms with E-state index in [1.54, 1.807) is 0 Å². The van der Waals surface area contributed by atoms with Gasteiger partial charge >= 0.3 is 47.9 Å². The summed E-state index contributed by atoms with van der Waals surface area (Å²) in [7, 11) is 0. The fourth-order valence-corrected chi connectivity index (χ4v) is 11.1. The van der Waals surface area contributed by atoms with E-state index in [2.05, 4.69) is 6.92 Å². The Balaban J connectivity index is 1.45. The highest BCUT2D eigenvalue weighted by molar-refractivity contribution is 5.70. The number of hydrogen-bond donors (Lipinski definition) is 0. The molecule has 1 aromatic carbocycles. The van der Waals surface area contributed by atoms with Crippen LogP contribution in [0.5, 0.6) is 0 Å². The Bertz CT molecular complexity index is 2130. The number of unbranched alkanes of at least 4 members (excludes halogenated alkanes) is 27. The van der Waals surface area contributed by atoms with Crippen molar-refractivity contribution < 1.29 is 95.2 Å². The van der Waals surface area contributed by atoms with Crippen LogP contribution in [0.3, 0.4) is 0 Å². The largest absolute Gasteiger partial charge is 0.463 e. The van der Waals surface area contributed by atoms with Crippen LogP contribution in [0.2, 0.25) is 0 Å². The van der Waals surface area contributed by atoms with Crippen LogP contribution in [0.4, 0.5) is 4.79 Å². The first-order valence-electron chi connectivity index (χ1n) is 33.1. The van der Waals surface area contributed by atoms with Crippen molar-refractivity contribution in [1.82, 2.24) is 4.90 Å². The maximum Gasteiger partial charge on any atom is 0.410 e. The molecular weight excluding hydrogens is 1140 g/mol. The third-order valence-electron chi connectivity index (χ3n) is 15.5. The second-order valence-corrected chi connectivity index (χ2v) is 23.5. The standard InChI is InChI=1S/C67H109NO20/c1-9-10-11-12-13-14-15-16-17-18-20-23-26-29-32-38-43-68(67(76)80-46-56-41-36-35-37-42-56)44-39-33-30-27-24-21-19-22-25-28-31-34-40-45-77-65-63(84-54(7)74)62(83-53(6)73)60(58(86-65)48-79-50(3)70)88-66-64(85-55(8)75)61(82-52(5)72)59(81-51(4)71)57(87-66)47-78-49(2)69/h35-37,41-42,57-66H,9-34,38-40,43-48H2,1-8H3/t57-,58-,59+,60-,61+,62+,63-,64-,65-,66+/m1/s1. The maximum absolute atomic E-state index is 13.2. The van der Waals surface area contributed by atoms with E-state index in [4.69, 9.17) is 56.8 Å². The summed E-state index contributed by atoms with van der Waals surface area (Å²) in [4.78, 5) is 102. The molecule has 2 aliphatic heterocycles. The first kappa shape index (κ1) is 76.9. The van der Waals surface area contributed by atoms with E-state index in [0.717, 1.165) is 138 Å². The second-order valence-electron chi connectivity index (χ2n) is 23.5. The Morgan fingerprint density at radius 3 is 1.12 bits per heavy atom. The molecule has 0 spiro atoms. The van der Waals surface area contributed by atoms with Gasteiger partial charge in [0.25, 0.3) is 0 Å². The summed E-state index contributed by atoms with van der Waals surface area (Å²) in [6.45, 7) is 10.8. The minimum absolute atomic E-state index is 0.149. The van der Waals surface area contributed by atoms with Gasteiger partial charge in [-0.1, -0.05) is 204 Å². The molecule has 0 unspecified atom stereocenters. The smallest absolute Gasteiger partial charge is 0.410 e. The minimum atomic E-state index is -1.78. The molecule has 2 saturated heterocycles. The van der Waals surface area contributed by atoms with Crippen molar-refractivity contribution in [3.8, 4) is 0 Å². The Hall–Kier alpha value is -5.38. The highest BCUT2D eigenvalue weighted by Gasteiger charge is 2.57. The molecule has 502 valence electrons. The van der Waals surface area contributed by atoms with Crippen molar-refractivity contribution in [2.45, 2.75) is 310 Å². The van der Waals surface area contributed by atoms with Gasteiger partial charge in [0.15, 0.2) is 43.1 Å². The van der Waals surface area contributed by atoms with Crippen molar-refractivity contribution in [3.05, 3.63) is 35.9 Å². The number of ether oxygens (including phenoxy) is 12. The summed E-state index contributed by atoms with van der Waals surface area (Å²) < 4.78 is 69.5. The molecule has 88 heavy (non-hydrogen) atoms. The fraction of sp³-hybridized carbons (Fsp3) is 0.791. The van der Waals surface area contributed by atoms with Gasteiger partial charge in [-0.2, -0.15) is 0 Å². The summed E-state index contributed by atoms with van der Waals surface area (Å²) in [5.41, 5.74) is 0.991. The van der Waals surface area contributed by atoms with Gasteiger partial charge in [0.2, 0.25) is 0 Å². The van der Waals surface area contributed by atoms with Gasteiger partial charge in [-0.3, -0.25) is 33.6 Å². The first-order chi connectivity index (χ1) is 42.4. The van der Waals surface area contributed by atoms with Crippen molar-refractivity contribution in [1.29, 1.82) is 0 Å². The van der Waals surface area contributed by atoms with E-state index in [1.807, 2.05) is 35.2 Å². The summed E-state index contributed by atoms with van der Waals surface area (Å²) in [6.07, 6.45) is 19.1. The van der Waals surface area contributed by atoms with Crippen LogP contribution < -0.4 is 0 Å². The number of hydrogen-bond acceptors (Lipinski definition) is 20. The zero-order valence-electron chi connectivity index (χ0n) is 54.5. The zero-order chi connectivity index (χ0) is 64.3. The third kappa shape index (κ3) is 34.0. The summed E-state index contributed by atoms with van der Waals surface area (Å²) in [6, 6.07) is 9.85. The molecule has 21 heteroatoms. The van der Waals surface area contributed by atoms with E-state index in [9.17, 15) is 38.4 Å². The molecule has 10 atom stereocenters. The van der Waals surface area contributed by atoms with Crippen LogP contribution in [0.1, 0.15) is 247 Å². The first-order valence-corrected chi connectivity index (χ1v) is 33.1. The molecule has 1 amide bonds. The molecule has 2 heterocycles. The Kier molecular flexibility index (Phi) is 40.8. The Morgan fingerprint density at radius 2 is 0.716 bits per heavy atom. The van der Waals surface area contributed by atoms with Gasteiger partial charge in [-0.05, 0) is 24.8 Å². The molecule has 0 aliphatic carbocycles. The highest BCUT2D eigenvalue weighted by atomic mass is 16.8. The fourth-order valence-electron chi connectivity index (χ4n) is 11.1. The molecule has 21 nitrogen and oxygen atoms in total. The van der Waals surface area contributed by atoms with Crippen LogP contribution >= 0.6 is 0 Å². The topological polar surface area (TPSA) is 251 Å². The summed E-state index contributed by atoms with van der Waals surface area (Å²) >= 11 is 0. The van der Waals surface area contributed by atoms with Gasteiger partial charge in [0.05, 0.1) is 0 Å². The molecule has 0 aromatic heterocycles. The van der Waals surface area contributed by atoms with E-state index in [1.165, 1.54) is 109 Å². The number of rotatable bonds is 47. The van der Waals surface area contributed by atoms with E-state index >= 15 is 0 Å². The molecule has 1 aromatic rings. The van der Waals surface area contributed by atoms with Gasteiger partial charge < -0.3 is 61.7 Å². The monoisotopic (exact) mass is 1250 g/mol. The van der Waals surface area contributed by atoms with Crippen LogP contribution in [0.25, 0.3) is 0 Å². The highest BCUT2D eigenvalue weighted by Crippen LogP contribution is 2.36. The Labute approximate surface area is 524 Å². The molecule has 0 radical (unpaired) electrons. The van der Waals surface area contributed by atoms with Gasteiger partial charge in [-0.15, -0.1) is 0 Å². The molecule has 3 rings (SSSR count). The number of carbonyl (C=O) groups is 8. The molecule has 2 aliphatic rings.